The van der Waals surface area contributed by atoms with E-state index in [4.69, 9.17) is 0 Å². The molecule has 1 saturated carbocycles. The molecule has 1 aliphatic rings. The van der Waals surface area contributed by atoms with Crippen molar-refractivity contribution in [3.05, 3.63) is 23.8 Å². The van der Waals surface area contributed by atoms with Crippen LogP contribution in [-0.4, -0.2) is 42.1 Å². The van der Waals surface area contributed by atoms with Crippen molar-refractivity contribution < 1.29 is 0 Å². The van der Waals surface area contributed by atoms with E-state index in [1.807, 2.05) is 13.0 Å². The number of nitrogens with two attached hydrogens (primary N) is 1. The molecule has 0 bridgehead atoms. The summed E-state index contributed by atoms with van der Waals surface area (Å²) >= 11 is 0. The van der Waals surface area contributed by atoms with E-state index >= 15 is 0 Å². The molecule has 4 heteroatoms. The van der Waals surface area contributed by atoms with E-state index in [9.17, 15) is 0 Å². The van der Waals surface area contributed by atoms with E-state index < -0.39 is 0 Å². The molecule has 2 N–H and O–H groups in total. The maximum absolute atomic E-state index is 4.50. The zero-order valence-corrected chi connectivity index (χ0v) is 14.3. The van der Waals surface area contributed by atoms with E-state index in [0.717, 1.165) is 17.4 Å². The Labute approximate surface area is 124 Å². The highest BCUT2D eigenvalue weighted by Crippen LogP contribution is 2.21. The van der Waals surface area contributed by atoms with Gasteiger partial charge in [-0.2, -0.15) is 0 Å². The number of nitrogens with zero attached hydrogens (tertiary/aromatic N) is 3. The minimum Gasteiger partial charge on any atom is -0.333 e. The van der Waals surface area contributed by atoms with E-state index in [1.54, 1.807) is 6.33 Å². The molecule has 1 aromatic heterocycles. The number of aryl methyl sites for hydroxylation is 1. The fourth-order valence-corrected chi connectivity index (χ4v) is 1.77. The summed E-state index contributed by atoms with van der Waals surface area (Å²) in [5.41, 5.74) is 6.77. The monoisotopic (exact) mass is 280 g/mol. The van der Waals surface area contributed by atoms with Gasteiger partial charge in [-0.1, -0.05) is 27.2 Å². The Balaban J connectivity index is 0.000000345. The van der Waals surface area contributed by atoms with Crippen molar-refractivity contribution in [2.75, 3.05) is 21.1 Å². The van der Waals surface area contributed by atoms with Crippen molar-refractivity contribution in [3.63, 3.8) is 0 Å². The lowest BCUT2D eigenvalue weighted by Gasteiger charge is -2.31. The molecule has 4 nitrogen and oxygen atoms in total. The summed E-state index contributed by atoms with van der Waals surface area (Å²) in [6.07, 6.45) is 5.92. The van der Waals surface area contributed by atoms with Crippen LogP contribution in [0.4, 0.5) is 0 Å². The lowest BCUT2D eigenvalue weighted by Crippen LogP contribution is -2.33. The maximum Gasteiger partial charge on any atom is 0.115 e. The number of hydrogen-bond donors (Lipinski definition) is 1. The zero-order valence-electron chi connectivity index (χ0n) is 14.3. The van der Waals surface area contributed by atoms with Crippen LogP contribution >= 0.6 is 0 Å². The Kier molecular flexibility index (Phi) is 8.58. The van der Waals surface area contributed by atoms with E-state index in [1.165, 1.54) is 26.3 Å². The number of hydrogen-bond acceptors (Lipinski definition) is 4. The van der Waals surface area contributed by atoms with Crippen LogP contribution in [0.5, 0.6) is 0 Å². The molecule has 0 aromatic carbocycles. The van der Waals surface area contributed by atoms with Crippen LogP contribution in [-0.2, 0) is 5.41 Å². The molecule has 0 radical (unpaired) electrons. The Morgan fingerprint density at radius 3 is 1.90 bits per heavy atom. The fraction of sp³-hybridized carbons (Fsp3) is 0.750. The van der Waals surface area contributed by atoms with Crippen LogP contribution in [0.3, 0.4) is 0 Å². The van der Waals surface area contributed by atoms with Gasteiger partial charge in [0.1, 0.15) is 6.33 Å². The van der Waals surface area contributed by atoms with E-state index in [2.05, 4.69) is 55.5 Å². The van der Waals surface area contributed by atoms with Crippen molar-refractivity contribution >= 4 is 0 Å². The third-order valence-electron chi connectivity index (χ3n) is 3.38. The van der Waals surface area contributed by atoms with Gasteiger partial charge in [-0.3, -0.25) is 0 Å². The quantitative estimate of drug-likeness (QED) is 0.859. The Hall–Kier alpha value is -1.00. The second-order valence-electron chi connectivity index (χ2n) is 6.34. The summed E-state index contributed by atoms with van der Waals surface area (Å²) in [6, 6.07) is 2.94. The first-order valence-electron chi connectivity index (χ1n) is 7.34. The highest BCUT2D eigenvalue weighted by atomic mass is 15.1. The molecule has 20 heavy (non-hydrogen) atoms. The number of aromatic nitrogens is 2. The first kappa shape index (κ1) is 19.0. The Morgan fingerprint density at radius 2 is 1.70 bits per heavy atom. The van der Waals surface area contributed by atoms with Crippen LogP contribution in [0.15, 0.2) is 12.4 Å². The molecule has 1 aromatic rings. The molecule has 0 aliphatic heterocycles. The van der Waals surface area contributed by atoms with Gasteiger partial charge in [-0.05, 0) is 47.0 Å². The molecule has 1 heterocycles. The minimum atomic E-state index is 0.133. The molecular weight excluding hydrogens is 248 g/mol. The predicted octanol–water partition coefficient (Wildman–Crippen LogP) is 2.76. The van der Waals surface area contributed by atoms with Gasteiger partial charge >= 0.3 is 0 Å². The maximum atomic E-state index is 4.50. The summed E-state index contributed by atoms with van der Waals surface area (Å²) in [7, 11) is 5.81. The van der Waals surface area contributed by atoms with Crippen molar-refractivity contribution in [2.24, 2.45) is 5.73 Å². The van der Waals surface area contributed by atoms with Gasteiger partial charge in [-0.15, -0.1) is 0 Å². The molecule has 116 valence electrons. The summed E-state index contributed by atoms with van der Waals surface area (Å²) in [4.78, 5) is 10.6. The largest absolute Gasteiger partial charge is 0.333 e. The van der Waals surface area contributed by atoms with E-state index in [-0.39, 0.29) is 5.41 Å². The molecule has 0 amide bonds. The SMILES string of the molecule is CN.CN(C)C1CCC1.Cc1cc(C(C)(C)C)ncn1. The van der Waals surface area contributed by atoms with Crippen molar-refractivity contribution in [2.45, 2.75) is 58.4 Å². The Bertz CT molecular complexity index is 365. The second kappa shape index (κ2) is 9.03. The first-order valence-corrected chi connectivity index (χ1v) is 7.34. The molecule has 0 saturated heterocycles. The molecule has 0 spiro atoms. The van der Waals surface area contributed by atoms with Gasteiger partial charge in [0, 0.05) is 22.8 Å². The Morgan fingerprint density at radius 1 is 1.15 bits per heavy atom. The molecule has 0 atom stereocenters. The van der Waals surface area contributed by atoms with Crippen LogP contribution in [0, 0.1) is 6.92 Å². The number of rotatable bonds is 1. The summed E-state index contributed by atoms with van der Waals surface area (Å²) < 4.78 is 0. The standard InChI is InChI=1S/C9H14N2.C6H13N.CH5N/c1-7-5-8(9(2,3)4)11-6-10-7;1-7(2)6-4-3-5-6;1-2/h5-6H,1-4H3;6H,3-5H2,1-2H3;2H2,1H3. The zero-order chi connectivity index (χ0) is 15.8. The van der Waals surface area contributed by atoms with E-state index in [0.29, 0.717) is 0 Å². The van der Waals surface area contributed by atoms with Gasteiger partial charge in [-0.25, -0.2) is 9.97 Å². The fourth-order valence-electron chi connectivity index (χ4n) is 1.77. The average molecular weight is 280 g/mol. The average Bonchev–Trinajstić information content (AvgIpc) is 2.28. The lowest BCUT2D eigenvalue weighted by molar-refractivity contribution is 0.193. The van der Waals surface area contributed by atoms with Crippen LogP contribution in [0.25, 0.3) is 0 Å². The molecule has 0 unspecified atom stereocenters. The van der Waals surface area contributed by atoms with Crippen molar-refractivity contribution in [1.82, 2.24) is 14.9 Å². The minimum absolute atomic E-state index is 0.133. The lowest BCUT2D eigenvalue weighted by atomic mass is 9.92. The predicted molar refractivity (Wildman–Crippen MR) is 86.9 cm³/mol. The van der Waals surface area contributed by atoms with Gasteiger partial charge in [0.05, 0.1) is 0 Å². The smallest absolute Gasteiger partial charge is 0.115 e. The molecular formula is C16H32N4. The van der Waals surface area contributed by atoms with Crippen LogP contribution < -0.4 is 5.73 Å². The van der Waals surface area contributed by atoms with Crippen LogP contribution in [0.1, 0.15) is 51.4 Å². The molecule has 2 rings (SSSR count). The summed E-state index contributed by atoms with van der Waals surface area (Å²) in [5, 5.41) is 0. The van der Waals surface area contributed by atoms with Gasteiger partial charge in [0.25, 0.3) is 0 Å². The summed E-state index contributed by atoms with van der Waals surface area (Å²) in [5.74, 6) is 0. The summed E-state index contributed by atoms with van der Waals surface area (Å²) in [6.45, 7) is 8.43. The van der Waals surface area contributed by atoms with Gasteiger partial charge in [0.15, 0.2) is 0 Å². The topological polar surface area (TPSA) is 55.0 Å². The van der Waals surface area contributed by atoms with Gasteiger partial charge in [0.2, 0.25) is 0 Å². The first-order chi connectivity index (χ1) is 9.30. The third-order valence-corrected chi connectivity index (χ3v) is 3.38. The van der Waals surface area contributed by atoms with Crippen LogP contribution in [0.2, 0.25) is 0 Å². The van der Waals surface area contributed by atoms with Crippen molar-refractivity contribution in [1.29, 1.82) is 0 Å². The third kappa shape index (κ3) is 6.96. The highest BCUT2D eigenvalue weighted by Gasteiger charge is 2.18. The normalized spacial score (nSPS) is 14.7. The molecule has 1 aliphatic carbocycles. The second-order valence-corrected chi connectivity index (χ2v) is 6.34. The highest BCUT2D eigenvalue weighted by molar-refractivity contribution is 5.14. The van der Waals surface area contributed by atoms with Crippen molar-refractivity contribution in [3.8, 4) is 0 Å². The molecule has 1 fully saturated rings. The van der Waals surface area contributed by atoms with Gasteiger partial charge < -0.3 is 10.6 Å².